The zero-order valence-corrected chi connectivity index (χ0v) is 9.02. The molecule has 0 unspecified atom stereocenters. The quantitative estimate of drug-likeness (QED) is 0.790. The Labute approximate surface area is 93.4 Å². The summed E-state index contributed by atoms with van der Waals surface area (Å²) < 4.78 is 12.7. The van der Waals surface area contributed by atoms with Crippen LogP contribution in [0.3, 0.4) is 0 Å². The topological polar surface area (TPSA) is 38.7 Å². The maximum absolute atomic E-state index is 12.7. The molecule has 3 nitrogen and oxygen atoms in total. The molecule has 0 fully saturated rings. The molecule has 0 amide bonds. The highest BCUT2D eigenvalue weighted by Crippen LogP contribution is 2.05. The van der Waals surface area contributed by atoms with Crippen LogP contribution in [0.15, 0.2) is 30.6 Å². The van der Waals surface area contributed by atoms with E-state index in [4.69, 9.17) is 0 Å². The van der Waals surface area contributed by atoms with Gasteiger partial charge in [0.05, 0.1) is 0 Å². The van der Waals surface area contributed by atoms with Crippen LogP contribution in [0.25, 0.3) is 0 Å². The standard InChI is InChI=1S/C12H12FN3/c1-9-14-8-15-12(16-9)7-4-10-2-5-11(13)6-3-10/h2-3,5-6,8H,4,7H2,1H3. The van der Waals surface area contributed by atoms with Crippen LogP contribution in [0, 0.1) is 12.7 Å². The highest BCUT2D eigenvalue weighted by Gasteiger charge is 1.99. The van der Waals surface area contributed by atoms with Gasteiger partial charge in [0.15, 0.2) is 0 Å². The molecular formula is C12H12FN3. The van der Waals surface area contributed by atoms with Crippen LogP contribution < -0.4 is 0 Å². The van der Waals surface area contributed by atoms with E-state index in [1.807, 2.05) is 6.92 Å². The third-order valence-corrected chi connectivity index (χ3v) is 2.29. The zero-order valence-electron chi connectivity index (χ0n) is 9.02. The Morgan fingerprint density at radius 2 is 1.81 bits per heavy atom. The first-order valence-electron chi connectivity index (χ1n) is 5.13. The number of hydrogen-bond donors (Lipinski definition) is 0. The predicted molar refractivity (Wildman–Crippen MR) is 58.4 cm³/mol. The zero-order chi connectivity index (χ0) is 11.4. The summed E-state index contributed by atoms with van der Waals surface area (Å²) in [5, 5.41) is 0. The van der Waals surface area contributed by atoms with Crippen molar-refractivity contribution in [3.05, 3.63) is 53.6 Å². The molecule has 0 aliphatic rings. The van der Waals surface area contributed by atoms with Crippen molar-refractivity contribution in [3.8, 4) is 0 Å². The molecule has 4 heteroatoms. The first-order chi connectivity index (χ1) is 7.74. The van der Waals surface area contributed by atoms with Crippen molar-refractivity contribution >= 4 is 0 Å². The molecule has 0 saturated heterocycles. The van der Waals surface area contributed by atoms with Gasteiger partial charge in [0.2, 0.25) is 0 Å². The molecule has 0 bridgehead atoms. The first kappa shape index (κ1) is 10.7. The van der Waals surface area contributed by atoms with Gasteiger partial charge >= 0.3 is 0 Å². The van der Waals surface area contributed by atoms with Crippen molar-refractivity contribution in [2.45, 2.75) is 19.8 Å². The molecule has 2 aromatic rings. The number of hydrogen-bond acceptors (Lipinski definition) is 3. The molecule has 0 saturated carbocycles. The summed E-state index contributed by atoms with van der Waals surface area (Å²) in [6, 6.07) is 6.49. The average molecular weight is 217 g/mol. The molecule has 0 radical (unpaired) electrons. The molecule has 0 N–H and O–H groups in total. The Hall–Kier alpha value is -1.84. The van der Waals surface area contributed by atoms with Crippen LogP contribution in [0.4, 0.5) is 4.39 Å². The largest absolute Gasteiger partial charge is 0.222 e. The van der Waals surface area contributed by atoms with Gasteiger partial charge < -0.3 is 0 Å². The summed E-state index contributed by atoms with van der Waals surface area (Å²) in [5.74, 6) is 1.29. The number of aryl methyl sites for hydroxylation is 3. The molecule has 82 valence electrons. The van der Waals surface area contributed by atoms with E-state index >= 15 is 0 Å². The summed E-state index contributed by atoms with van der Waals surface area (Å²) in [6.45, 7) is 1.84. The van der Waals surface area contributed by atoms with E-state index in [0.717, 1.165) is 30.1 Å². The van der Waals surface area contributed by atoms with Gasteiger partial charge in [0, 0.05) is 6.42 Å². The fourth-order valence-corrected chi connectivity index (χ4v) is 1.45. The Morgan fingerprint density at radius 1 is 1.06 bits per heavy atom. The predicted octanol–water partition coefficient (Wildman–Crippen LogP) is 2.10. The minimum atomic E-state index is -0.209. The lowest BCUT2D eigenvalue weighted by atomic mass is 10.1. The second kappa shape index (κ2) is 4.79. The van der Waals surface area contributed by atoms with Gasteiger partial charge in [-0.3, -0.25) is 0 Å². The first-order valence-corrected chi connectivity index (χ1v) is 5.13. The maximum Gasteiger partial charge on any atom is 0.132 e. The lowest BCUT2D eigenvalue weighted by Gasteiger charge is -2.01. The molecule has 2 rings (SSSR count). The SMILES string of the molecule is Cc1ncnc(CCc2ccc(F)cc2)n1. The van der Waals surface area contributed by atoms with Gasteiger partial charge in [-0.1, -0.05) is 12.1 Å². The fourth-order valence-electron chi connectivity index (χ4n) is 1.45. The highest BCUT2D eigenvalue weighted by atomic mass is 19.1. The number of halogens is 1. The molecular weight excluding hydrogens is 205 g/mol. The number of aromatic nitrogens is 3. The van der Waals surface area contributed by atoms with Crippen LogP contribution in [-0.2, 0) is 12.8 Å². The number of nitrogens with zero attached hydrogens (tertiary/aromatic N) is 3. The molecule has 1 aromatic heterocycles. The minimum Gasteiger partial charge on any atom is -0.222 e. The molecule has 0 atom stereocenters. The van der Waals surface area contributed by atoms with E-state index in [2.05, 4.69) is 15.0 Å². The molecule has 0 aliphatic heterocycles. The summed E-state index contributed by atoms with van der Waals surface area (Å²) >= 11 is 0. The molecule has 0 spiro atoms. The molecule has 1 heterocycles. The summed E-state index contributed by atoms with van der Waals surface area (Å²) in [7, 11) is 0. The van der Waals surface area contributed by atoms with E-state index in [1.54, 1.807) is 12.1 Å². The van der Waals surface area contributed by atoms with Crippen LogP contribution >= 0.6 is 0 Å². The Morgan fingerprint density at radius 3 is 2.50 bits per heavy atom. The lowest BCUT2D eigenvalue weighted by molar-refractivity contribution is 0.627. The molecule has 16 heavy (non-hydrogen) atoms. The summed E-state index contributed by atoms with van der Waals surface area (Å²) in [4.78, 5) is 12.2. The van der Waals surface area contributed by atoms with Gasteiger partial charge in [-0.15, -0.1) is 0 Å². The molecule has 1 aromatic carbocycles. The average Bonchev–Trinajstić information content (AvgIpc) is 2.28. The third kappa shape index (κ3) is 2.82. The van der Waals surface area contributed by atoms with Gasteiger partial charge in [0.25, 0.3) is 0 Å². The molecule has 0 aliphatic carbocycles. The van der Waals surface area contributed by atoms with Crippen molar-refractivity contribution in [2.75, 3.05) is 0 Å². The van der Waals surface area contributed by atoms with Crippen molar-refractivity contribution in [1.29, 1.82) is 0 Å². The Balaban J connectivity index is 1.99. The third-order valence-electron chi connectivity index (χ3n) is 2.29. The van der Waals surface area contributed by atoms with Crippen molar-refractivity contribution in [2.24, 2.45) is 0 Å². The van der Waals surface area contributed by atoms with Crippen LogP contribution in [-0.4, -0.2) is 15.0 Å². The normalized spacial score (nSPS) is 10.4. The smallest absolute Gasteiger partial charge is 0.132 e. The second-order valence-corrected chi connectivity index (χ2v) is 3.58. The van der Waals surface area contributed by atoms with E-state index < -0.39 is 0 Å². The monoisotopic (exact) mass is 217 g/mol. The van der Waals surface area contributed by atoms with Gasteiger partial charge in [-0.25, -0.2) is 19.3 Å². The van der Waals surface area contributed by atoms with Crippen LogP contribution in [0.2, 0.25) is 0 Å². The van der Waals surface area contributed by atoms with E-state index in [1.165, 1.54) is 18.5 Å². The Kier molecular flexibility index (Phi) is 3.19. The number of benzene rings is 1. The summed E-state index contributed by atoms with van der Waals surface area (Å²) in [5.41, 5.74) is 1.08. The van der Waals surface area contributed by atoms with Gasteiger partial charge in [-0.05, 0) is 31.0 Å². The number of rotatable bonds is 3. The van der Waals surface area contributed by atoms with Gasteiger partial charge in [0.1, 0.15) is 23.8 Å². The van der Waals surface area contributed by atoms with Crippen LogP contribution in [0.1, 0.15) is 17.2 Å². The fraction of sp³-hybridized carbons (Fsp3) is 0.250. The second-order valence-electron chi connectivity index (χ2n) is 3.58. The van der Waals surface area contributed by atoms with E-state index in [-0.39, 0.29) is 5.82 Å². The van der Waals surface area contributed by atoms with Gasteiger partial charge in [-0.2, -0.15) is 0 Å². The van der Waals surface area contributed by atoms with E-state index in [0.29, 0.717) is 0 Å². The van der Waals surface area contributed by atoms with E-state index in [9.17, 15) is 4.39 Å². The highest BCUT2D eigenvalue weighted by molar-refractivity contribution is 5.16. The summed E-state index contributed by atoms with van der Waals surface area (Å²) in [6.07, 6.45) is 3.07. The lowest BCUT2D eigenvalue weighted by Crippen LogP contribution is -2.00. The van der Waals surface area contributed by atoms with Crippen LogP contribution in [0.5, 0.6) is 0 Å². The van der Waals surface area contributed by atoms with Crippen molar-refractivity contribution in [3.63, 3.8) is 0 Å². The Bertz CT molecular complexity index is 468. The maximum atomic E-state index is 12.7. The minimum absolute atomic E-state index is 0.209. The van der Waals surface area contributed by atoms with Crippen molar-refractivity contribution < 1.29 is 4.39 Å². The van der Waals surface area contributed by atoms with Crippen molar-refractivity contribution in [1.82, 2.24) is 15.0 Å².